The summed E-state index contributed by atoms with van der Waals surface area (Å²) in [5.74, 6) is -2.00. The van der Waals surface area contributed by atoms with Crippen molar-refractivity contribution in [2.45, 2.75) is 56.1 Å². The van der Waals surface area contributed by atoms with Gasteiger partial charge in [-0.1, -0.05) is 56.1 Å². The van der Waals surface area contributed by atoms with E-state index in [9.17, 15) is 39.6 Å². The van der Waals surface area contributed by atoms with Crippen LogP contribution in [0.3, 0.4) is 0 Å². The molecule has 1 aliphatic heterocycles. The zero-order valence-electron chi connectivity index (χ0n) is 20.8. The Hall–Kier alpha value is -1.90. The smallest absolute Gasteiger partial charge is 0.468 e. The predicted octanol–water partition coefficient (Wildman–Crippen LogP) is 6.54. The lowest BCUT2D eigenvalue weighted by Gasteiger charge is -2.30. The van der Waals surface area contributed by atoms with Crippen LogP contribution in [0.25, 0.3) is 11.1 Å². The molecule has 0 fully saturated rings. The Labute approximate surface area is 220 Å². The monoisotopic (exact) mass is 602 g/mol. The lowest BCUT2D eigenvalue weighted by Crippen LogP contribution is -2.29. The first-order chi connectivity index (χ1) is 17.4. The molecule has 0 spiro atoms. The summed E-state index contributed by atoms with van der Waals surface area (Å²) >= 11 is 0. The molecule has 0 aliphatic carbocycles. The second-order valence-electron chi connectivity index (χ2n) is 9.63. The van der Waals surface area contributed by atoms with Crippen LogP contribution in [-0.4, -0.2) is 38.3 Å². The minimum Gasteiger partial charge on any atom is -0.468 e. The Kier molecular flexibility index (Phi) is 8.81. The molecule has 2 aromatic rings. The first-order valence-corrected chi connectivity index (χ1v) is 15.0. The highest BCUT2D eigenvalue weighted by Gasteiger charge is 2.49. The fourth-order valence-electron chi connectivity index (χ4n) is 4.11. The maximum atomic E-state index is 14.3. The molecule has 1 aliphatic rings. The van der Waals surface area contributed by atoms with Gasteiger partial charge in [0.25, 0.3) is 0 Å². The van der Waals surface area contributed by atoms with Crippen LogP contribution < -0.4 is 9.49 Å². The van der Waals surface area contributed by atoms with Gasteiger partial charge < -0.3 is 8.92 Å². The predicted molar refractivity (Wildman–Crippen MR) is 136 cm³/mol. The highest BCUT2D eigenvalue weighted by atomic mass is 32.2. The van der Waals surface area contributed by atoms with Crippen LogP contribution >= 0.6 is 17.2 Å². The molecule has 210 valence electrons. The Morgan fingerprint density at radius 2 is 1.71 bits per heavy atom. The van der Waals surface area contributed by atoms with Crippen LogP contribution in [0.2, 0.25) is 0 Å². The molecule has 14 heteroatoms. The van der Waals surface area contributed by atoms with E-state index >= 15 is 0 Å². The number of esters is 1. The normalized spacial score (nSPS) is 16.5. The van der Waals surface area contributed by atoms with Gasteiger partial charge in [-0.05, 0) is 58.3 Å². The topological polar surface area (TPSA) is 69.7 Å². The molecule has 38 heavy (non-hydrogen) atoms. The van der Waals surface area contributed by atoms with Gasteiger partial charge in [0.1, 0.15) is 5.66 Å². The molecule has 0 aromatic heterocycles. The lowest BCUT2D eigenvalue weighted by molar-refractivity contribution is -0.141. The molecule has 3 rings (SSSR count). The van der Waals surface area contributed by atoms with Gasteiger partial charge in [-0.3, -0.25) is 4.79 Å². The average molecular weight is 602 g/mol. The van der Waals surface area contributed by atoms with Gasteiger partial charge in [-0.15, -0.1) is 0 Å². The highest BCUT2D eigenvalue weighted by Crippen LogP contribution is 2.54. The third kappa shape index (κ3) is 6.80. The van der Waals surface area contributed by atoms with E-state index in [4.69, 9.17) is 4.74 Å². The molecule has 5 nitrogen and oxygen atoms in total. The fourth-order valence-corrected chi connectivity index (χ4v) is 7.37. The number of benzene rings is 2. The summed E-state index contributed by atoms with van der Waals surface area (Å²) < 4.78 is 116. The molecule has 0 amide bonds. The van der Waals surface area contributed by atoms with Crippen molar-refractivity contribution in [2.24, 2.45) is 0 Å². The van der Waals surface area contributed by atoms with Gasteiger partial charge in [0, 0.05) is 5.56 Å². The number of methoxy groups -OCH3 is 1. The summed E-state index contributed by atoms with van der Waals surface area (Å²) in [6, 6.07) is 5.58. The lowest BCUT2D eigenvalue weighted by atomic mass is 9.90. The average Bonchev–Trinajstić information content (AvgIpc) is 2.79. The van der Waals surface area contributed by atoms with E-state index in [0.717, 1.165) is 30.6 Å². The van der Waals surface area contributed by atoms with Crippen molar-refractivity contribution in [1.82, 2.24) is 0 Å². The third-order valence-electron chi connectivity index (χ3n) is 5.63. The minimum absolute atomic E-state index is 0.0107. The zero-order chi connectivity index (χ0) is 28.7. The van der Waals surface area contributed by atoms with Crippen molar-refractivity contribution in [1.29, 1.82) is 0 Å². The van der Waals surface area contributed by atoms with Gasteiger partial charge in [-0.2, -0.15) is 34.8 Å². The fraction of sp³-hybridized carbons (Fsp3) is 0.458. The number of carbonyl (C=O) groups is 1. The summed E-state index contributed by atoms with van der Waals surface area (Å²) in [5.41, 5.74) is -9.14. The van der Waals surface area contributed by atoms with Crippen LogP contribution in [0, 0.1) is 0 Å². The van der Waals surface area contributed by atoms with E-state index in [1.165, 1.54) is 12.1 Å². The van der Waals surface area contributed by atoms with E-state index in [1.807, 2.05) is 0 Å². The van der Waals surface area contributed by atoms with E-state index in [-0.39, 0.29) is 5.56 Å². The van der Waals surface area contributed by atoms with E-state index in [0.29, 0.717) is 27.1 Å². The molecule has 0 saturated heterocycles. The number of aryl methyl sites for hydroxylation is 1. The van der Waals surface area contributed by atoms with Crippen molar-refractivity contribution in [3.63, 3.8) is 0 Å². The van der Waals surface area contributed by atoms with Crippen molar-refractivity contribution < 1.29 is 48.5 Å². The molecular formula is C24H26F6O5P2S. The zero-order valence-corrected chi connectivity index (χ0v) is 23.6. The number of hydrogen-bond acceptors (Lipinski definition) is 5. The van der Waals surface area contributed by atoms with Crippen LogP contribution in [-0.2, 0) is 32.2 Å². The molecule has 3 atom stereocenters. The summed E-state index contributed by atoms with van der Waals surface area (Å²) in [4.78, 5) is 12.9. The standard InChI is InChI=1S/C24H26F6O5P2S/c1-22(2,3)37-20(21(31)34-4)19-15(23(25,26)27)8-9-16(35-38(32,33)24(28,29)30)18(19)14-7-10-17-13(12-14)6-5-11-36-17/h7-10,12,20,36-37H,5-6,11H2,1-4H3. The second kappa shape index (κ2) is 10.9. The molecular weight excluding hydrogens is 576 g/mol. The first kappa shape index (κ1) is 30.6. The van der Waals surface area contributed by atoms with Gasteiger partial charge in [0.2, 0.25) is 0 Å². The second-order valence-corrected chi connectivity index (χ2v) is 14.9. The summed E-state index contributed by atoms with van der Waals surface area (Å²) in [6.07, 6.45) is -2.70. The molecule has 0 radical (unpaired) electrons. The van der Waals surface area contributed by atoms with Gasteiger partial charge in [0.05, 0.1) is 12.7 Å². The van der Waals surface area contributed by atoms with E-state index in [1.54, 1.807) is 26.8 Å². The molecule has 0 bridgehead atoms. The number of carbonyl (C=O) groups excluding carboxylic acids is 1. The number of rotatable bonds is 6. The quantitative estimate of drug-likeness (QED) is 0.124. The largest absolute Gasteiger partial charge is 0.534 e. The van der Waals surface area contributed by atoms with Crippen LogP contribution in [0.15, 0.2) is 30.3 Å². The van der Waals surface area contributed by atoms with E-state index in [2.05, 4.69) is 4.18 Å². The number of halogens is 6. The number of fused-ring (bicyclic) bond motifs is 1. The van der Waals surface area contributed by atoms with Crippen molar-refractivity contribution in [3.8, 4) is 16.9 Å². The molecule has 1 heterocycles. The molecule has 0 saturated carbocycles. The van der Waals surface area contributed by atoms with Gasteiger partial charge in [-0.25, -0.2) is 0 Å². The molecule has 2 aromatic carbocycles. The summed E-state index contributed by atoms with van der Waals surface area (Å²) in [7, 11) is -5.31. The van der Waals surface area contributed by atoms with Crippen molar-refractivity contribution in [2.75, 3.05) is 13.3 Å². The Bertz CT molecular complexity index is 1320. The minimum atomic E-state index is -6.24. The maximum Gasteiger partial charge on any atom is 0.534 e. The Morgan fingerprint density at radius 3 is 2.26 bits per heavy atom. The van der Waals surface area contributed by atoms with Gasteiger partial charge >= 0.3 is 27.8 Å². The molecule has 0 N–H and O–H groups in total. The third-order valence-corrected chi connectivity index (χ3v) is 9.75. The summed E-state index contributed by atoms with van der Waals surface area (Å²) in [5, 5.41) is 0.255. The van der Waals surface area contributed by atoms with Crippen LogP contribution in [0.1, 0.15) is 49.5 Å². The molecule has 3 unspecified atom stereocenters. The van der Waals surface area contributed by atoms with Crippen LogP contribution in [0.5, 0.6) is 5.75 Å². The first-order valence-electron chi connectivity index (χ1n) is 11.3. The number of hydrogen-bond donors (Lipinski definition) is 0. The van der Waals surface area contributed by atoms with Crippen LogP contribution in [0.4, 0.5) is 26.3 Å². The highest BCUT2D eigenvalue weighted by molar-refractivity contribution is 7.88. The number of alkyl halides is 6. The number of ether oxygens (including phenoxy) is 1. The SMILES string of the molecule is COC(=O)C(PC(C)(C)C)c1c(C(F)(F)F)ccc(OS(=O)(=O)C(F)(F)F)c1-c1ccc2c(c1)CCCP2. The maximum absolute atomic E-state index is 14.3. The Balaban J connectivity index is 2.46. The summed E-state index contributed by atoms with van der Waals surface area (Å²) in [6.45, 7) is 5.05. The Morgan fingerprint density at radius 1 is 1.05 bits per heavy atom. The van der Waals surface area contributed by atoms with Crippen molar-refractivity contribution in [3.05, 3.63) is 47.0 Å². The van der Waals surface area contributed by atoms with E-state index < -0.39 is 69.6 Å². The van der Waals surface area contributed by atoms with Gasteiger partial charge in [0.15, 0.2) is 5.75 Å². The van der Waals surface area contributed by atoms with Crippen molar-refractivity contribution >= 4 is 38.6 Å².